The quantitative estimate of drug-likeness (QED) is 0.283. The second kappa shape index (κ2) is 11.7. The van der Waals surface area contributed by atoms with Crippen molar-refractivity contribution in [1.82, 2.24) is 19.4 Å². The molecule has 45 heavy (non-hydrogen) atoms. The predicted molar refractivity (Wildman–Crippen MR) is 177 cm³/mol. The van der Waals surface area contributed by atoms with Crippen molar-refractivity contribution in [2.24, 2.45) is 5.14 Å². The van der Waals surface area contributed by atoms with Crippen molar-refractivity contribution in [3.05, 3.63) is 95.3 Å². The number of piperidine rings is 2. The first-order valence-electron chi connectivity index (χ1n) is 16.3. The molecule has 8 nitrogen and oxygen atoms in total. The molecule has 3 aliphatic rings. The third kappa shape index (κ3) is 5.70. The van der Waals surface area contributed by atoms with Crippen LogP contribution in [0.2, 0.25) is 0 Å². The molecule has 0 aliphatic carbocycles. The van der Waals surface area contributed by atoms with Crippen LogP contribution in [0.15, 0.2) is 77.7 Å². The number of sulfonamides is 1. The van der Waals surface area contributed by atoms with E-state index in [4.69, 9.17) is 10.1 Å². The SMILES string of the molecule is Cc1cccc(C2(CCN3[C@@H]4CC[C@H]3CC(n3c(C)nc5ccccc53)C4)CCN(C(=O)c3cccc(S(N)(=O)=O)c3)CC2)c1. The zero-order chi connectivity index (χ0) is 31.3. The average Bonchev–Trinajstić information content (AvgIpc) is 3.49. The van der Waals surface area contributed by atoms with Crippen LogP contribution in [-0.4, -0.2) is 65.4 Å². The minimum absolute atomic E-state index is 0.0152. The number of amides is 1. The maximum Gasteiger partial charge on any atom is 0.253 e. The molecule has 3 atom stereocenters. The van der Waals surface area contributed by atoms with Gasteiger partial charge in [0.05, 0.1) is 15.9 Å². The number of carbonyl (C=O) groups is 1. The molecule has 1 amide bonds. The van der Waals surface area contributed by atoms with Crippen LogP contribution in [-0.2, 0) is 15.4 Å². The van der Waals surface area contributed by atoms with E-state index >= 15 is 0 Å². The highest BCUT2D eigenvalue weighted by atomic mass is 32.2. The van der Waals surface area contributed by atoms with Gasteiger partial charge in [0.1, 0.15) is 5.82 Å². The number of benzene rings is 3. The number of aryl methyl sites for hydroxylation is 2. The van der Waals surface area contributed by atoms with Crippen molar-refractivity contribution < 1.29 is 13.2 Å². The maximum atomic E-state index is 13.5. The zero-order valence-corrected chi connectivity index (χ0v) is 27.0. The zero-order valence-electron chi connectivity index (χ0n) is 26.2. The number of aromatic nitrogens is 2. The molecule has 3 saturated heterocycles. The lowest BCUT2D eigenvalue weighted by molar-refractivity contribution is 0.0606. The van der Waals surface area contributed by atoms with Gasteiger partial charge in [-0.2, -0.15) is 0 Å². The van der Waals surface area contributed by atoms with Gasteiger partial charge in [-0.1, -0.05) is 48.0 Å². The van der Waals surface area contributed by atoms with Gasteiger partial charge in [-0.05, 0) is 107 Å². The third-order valence-corrected chi connectivity index (χ3v) is 11.8. The molecule has 236 valence electrons. The summed E-state index contributed by atoms with van der Waals surface area (Å²) < 4.78 is 26.3. The van der Waals surface area contributed by atoms with Crippen molar-refractivity contribution in [2.75, 3.05) is 19.6 Å². The summed E-state index contributed by atoms with van der Waals surface area (Å²) in [5, 5.41) is 5.34. The summed E-state index contributed by atoms with van der Waals surface area (Å²) in [5.41, 5.74) is 5.32. The normalized spacial score (nSPS) is 23.4. The van der Waals surface area contributed by atoms with E-state index in [2.05, 4.69) is 71.8 Å². The fourth-order valence-electron chi connectivity index (χ4n) is 8.57. The summed E-state index contributed by atoms with van der Waals surface area (Å²) in [6.07, 6.45) is 7.65. The van der Waals surface area contributed by atoms with Crippen LogP contribution < -0.4 is 5.14 Å². The van der Waals surface area contributed by atoms with E-state index in [0.29, 0.717) is 36.8 Å². The van der Waals surface area contributed by atoms with Gasteiger partial charge < -0.3 is 9.47 Å². The van der Waals surface area contributed by atoms with Crippen LogP contribution in [0.25, 0.3) is 11.0 Å². The van der Waals surface area contributed by atoms with Crippen LogP contribution in [0.5, 0.6) is 0 Å². The number of carbonyl (C=O) groups excluding carboxylic acids is 1. The van der Waals surface area contributed by atoms with Crippen molar-refractivity contribution in [1.29, 1.82) is 0 Å². The van der Waals surface area contributed by atoms with E-state index in [1.165, 1.54) is 41.6 Å². The number of rotatable bonds is 7. The fraction of sp³-hybridized carbons (Fsp3) is 0.444. The van der Waals surface area contributed by atoms with E-state index in [-0.39, 0.29) is 16.2 Å². The molecule has 4 heterocycles. The van der Waals surface area contributed by atoms with Crippen molar-refractivity contribution in [3.8, 4) is 0 Å². The van der Waals surface area contributed by atoms with Crippen LogP contribution in [0.3, 0.4) is 0 Å². The topological polar surface area (TPSA) is 102 Å². The minimum Gasteiger partial charge on any atom is -0.339 e. The Hall–Kier alpha value is -3.53. The summed E-state index contributed by atoms with van der Waals surface area (Å²) in [5.74, 6) is 0.978. The van der Waals surface area contributed by atoms with E-state index < -0.39 is 10.0 Å². The smallest absolute Gasteiger partial charge is 0.253 e. The first kappa shape index (κ1) is 30.1. The number of hydrogen-bond donors (Lipinski definition) is 1. The second-order valence-corrected chi connectivity index (χ2v) is 15.1. The molecule has 9 heteroatoms. The molecule has 3 aromatic carbocycles. The van der Waals surface area contributed by atoms with Gasteiger partial charge in [0.2, 0.25) is 10.0 Å². The monoisotopic (exact) mass is 625 g/mol. The van der Waals surface area contributed by atoms with Crippen LogP contribution in [0.4, 0.5) is 0 Å². The predicted octanol–water partition coefficient (Wildman–Crippen LogP) is 5.73. The molecule has 0 saturated carbocycles. The number of primary sulfonamides is 1. The van der Waals surface area contributed by atoms with E-state index in [1.807, 2.05) is 4.90 Å². The highest BCUT2D eigenvalue weighted by molar-refractivity contribution is 7.89. The molecule has 2 N–H and O–H groups in total. The first-order valence-corrected chi connectivity index (χ1v) is 17.8. The van der Waals surface area contributed by atoms with E-state index in [9.17, 15) is 13.2 Å². The lowest BCUT2D eigenvalue weighted by atomic mass is 9.70. The van der Waals surface area contributed by atoms with Gasteiger partial charge >= 0.3 is 0 Å². The summed E-state index contributed by atoms with van der Waals surface area (Å²) in [4.78, 5) is 23.0. The lowest BCUT2D eigenvalue weighted by Crippen LogP contribution is -2.49. The standard InChI is InChI=1S/C36H43N5O3S/c1-25-7-5-9-28(21-25)36(15-18-39(19-16-36)35(42)27-8-6-10-32(22-27)45(37,43)44)17-20-40-29-13-14-30(40)24-31(23-29)41-26(2)38-33-11-3-4-12-34(33)41/h3-12,21-22,29-31H,13-20,23-24H2,1-2H3,(H2,37,43,44)/t29-,30+,31?. The van der Waals surface area contributed by atoms with Gasteiger partial charge in [-0.15, -0.1) is 0 Å². The van der Waals surface area contributed by atoms with Crippen LogP contribution in [0, 0.1) is 13.8 Å². The van der Waals surface area contributed by atoms with Crippen LogP contribution in [0.1, 0.15) is 78.3 Å². The second-order valence-electron chi connectivity index (χ2n) is 13.5. The summed E-state index contributed by atoms with van der Waals surface area (Å²) in [7, 11) is -3.88. The Kier molecular flexibility index (Phi) is 7.82. The molecule has 3 fully saturated rings. The molecule has 1 aromatic heterocycles. The number of likely N-dealkylation sites (tertiary alicyclic amines) is 1. The summed E-state index contributed by atoms with van der Waals surface area (Å²) >= 11 is 0. The molecular formula is C36H43N5O3S. The highest BCUT2D eigenvalue weighted by Gasteiger charge is 2.44. The number of nitrogens with zero attached hydrogens (tertiary/aromatic N) is 4. The minimum atomic E-state index is -3.88. The Morgan fingerprint density at radius 3 is 2.33 bits per heavy atom. The fourth-order valence-corrected chi connectivity index (χ4v) is 9.13. The Morgan fingerprint density at radius 1 is 0.911 bits per heavy atom. The van der Waals surface area contributed by atoms with E-state index in [1.54, 1.807) is 12.1 Å². The van der Waals surface area contributed by atoms with Crippen molar-refractivity contribution >= 4 is 27.0 Å². The molecule has 0 radical (unpaired) electrons. The molecule has 2 bridgehead atoms. The number of imidazole rings is 1. The Morgan fingerprint density at radius 2 is 1.62 bits per heavy atom. The van der Waals surface area contributed by atoms with Crippen LogP contribution >= 0.6 is 0 Å². The lowest BCUT2D eigenvalue weighted by Gasteiger charge is -2.46. The number of para-hydroxylation sites is 2. The number of fused-ring (bicyclic) bond motifs is 3. The van der Waals surface area contributed by atoms with Gasteiger partial charge in [0.25, 0.3) is 5.91 Å². The highest BCUT2D eigenvalue weighted by Crippen LogP contribution is 2.45. The Balaban J connectivity index is 1.08. The van der Waals surface area contributed by atoms with Gasteiger partial charge in [0.15, 0.2) is 0 Å². The van der Waals surface area contributed by atoms with E-state index in [0.717, 1.165) is 50.0 Å². The summed E-state index contributed by atoms with van der Waals surface area (Å²) in [6.45, 7) is 6.63. The first-order chi connectivity index (χ1) is 21.6. The average molecular weight is 626 g/mol. The van der Waals surface area contributed by atoms with Crippen molar-refractivity contribution in [2.45, 2.75) is 87.2 Å². The maximum absolute atomic E-state index is 13.5. The summed E-state index contributed by atoms with van der Waals surface area (Å²) in [6, 6.07) is 25.2. The number of nitrogens with two attached hydrogens (primary N) is 1. The largest absolute Gasteiger partial charge is 0.339 e. The third-order valence-electron chi connectivity index (χ3n) is 10.9. The number of hydrogen-bond acceptors (Lipinski definition) is 5. The molecular weight excluding hydrogens is 582 g/mol. The molecule has 0 spiro atoms. The molecule has 7 rings (SSSR count). The van der Waals surface area contributed by atoms with Crippen molar-refractivity contribution in [3.63, 3.8) is 0 Å². The molecule has 4 aromatic rings. The Labute approximate surface area is 266 Å². The van der Waals surface area contributed by atoms with Gasteiger partial charge in [0, 0.05) is 36.8 Å². The molecule has 3 aliphatic heterocycles. The molecule has 1 unspecified atom stereocenters. The Bertz CT molecular complexity index is 1830. The van der Waals surface area contributed by atoms with Gasteiger partial charge in [-0.25, -0.2) is 18.5 Å². The van der Waals surface area contributed by atoms with Gasteiger partial charge in [-0.3, -0.25) is 9.69 Å².